The molecule has 1 aromatic carbocycles. The maximum atomic E-state index is 10.8. The molecule has 0 unspecified atom stereocenters. The molecule has 1 rings (SSSR count). The number of likely N-dealkylation sites (N-methyl/N-ethyl adjacent to an activating group) is 1. The van der Waals surface area contributed by atoms with Gasteiger partial charge in [0, 0.05) is 0 Å². The molecule has 0 aliphatic carbocycles. The lowest BCUT2D eigenvalue weighted by Crippen LogP contribution is -2.12. The first-order chi connectivity index (χ1) is 6.66. The Hall–Kier alpha value is -1.35. The van der Waals surface area contributed by atoms with Gasteiger partial charge in [0.1, 0.15) is 0 Å². The molecule has 0 heterocycles. The van der Waals surface area contributed by atoms with Crippen LogP contribution in [0.25, 0.3) is 0 Å². The highest BCUT2D eigenvalue weighted by molar-refractivity contribution is 5.89. The summed E-state index contributed by atoms with van der Waals surface area (Å²) in [5.74, 6) is -0.853. The van der Waals surface area contributed by atoms with E-state index in [1.54, 1.807) is 12.1 Å². The van der Waals surface area contributed by atoms with Gasteiger partial charge in [-0.15, -0.1) is 0 Å². The molecule has 0 spiro atoms. The fourth-order valence-corrected chi connectivity index (χ4v) is 1.45. The first-order valence-corrected chi connectivity index (χ1v) is 4.63. The number of hydrogen-bond acceptors (Lipinski definition) is 2. The summed E-state index contributed by atoms with van der Waals surface area (Å²) >= 11 is 0. The fourth-order valence-electron chi connectivity index (χ4n) is 1.45. The van der Waals surface area contributed by atoms with Crippen molar-refractivity contribution < 1.29 is 9.90 Å². The molecule has 3 heteroatoms. The molecule has 0 radical (unpaired) electrons. The third-order valence-electron chi connectivity index (χ3n) is 2.32. The van der Waals surface area contributed by atoms with E-state index in [0.717, 1.165) is 24.1 Å². The largest absolute Gasteiger partial charge is 0.478 e. The Bertz CT molecular complexity index is 334. The normalized spacial score (nSPS) is 10.1. The van der Waals surface area contributed by atoms with Crippen molar-refractivity contribution in [1.82, 2.24) is 5.32 Å². The Morgan fingerprint density at radius 2 is 2.21 bits per heavy atom. The number of hydrogen-bond donors (Lipinski definition) is 2. The van der Waals surface area contributed by atoms with Crippen LogP contribution < -0.4 is 5.32 Å². The lowest BCUT2D eigenvalue weighted by atomic mass is 10.0. The van der Waals surface area contributed by atoms with Crippen LogP contribution in [0, 0.1) is 6.92 Å². The minimum Gasteiger partial charge on any atom is -0.478 e. The van der Waals surface area contributed by atoms with Gasteiger partial charge in [0.15, 0.2) is 0 Å². The summed E-state index contributed by atoms with van der Waals surface area (Å²) in [5.41, 5.74) is 2.37. The molecular weight excluding hydrogens is 178 g/mol. The Kier molecular flexibility index (Phi) is 3.65. The lowest BCUT2D eigenvalue weighted by molar-refractivity contribution is 0.0696. The molecule has 0 fully saturated rings. The predicted octanol–water partition coefficient (Wildman–Crippen LogP) is 1.46. The SMILES string of the molecule is CNCCc1cccc(C(=O)O)c1C. The highest BCUT2D eigenvalue weighted by Crippen LogP contribution is 2.13. The molecule has 1 aromatic rings. The molecule has 0 bridgehead atoms. The van der Waals surface area contributed by atoms with E-state index in [2.05, 4.69) is 5.32 Å². The molecule has 0 aromatic heterocycles. The zero-order valence-electron chi connectivity index (χ0n) is 8.50. The summed E-state index contributed by atoms with van der Waals surface area (Å²) in [4.78, 5) is 10.8. The zero-order valence-corrected chi connectivity index (χ0v) is 8.50. The van der Waals surface area contributed by atoms with Crippen molar-refractivity contribution in [3.8, 4) is 0 Å². The van der Waals surface area contributed by atoms with Crippen LogP contribution in [0.3, 0.4) is 0 Å². The van der Waals surface area contributed by atoms with E-state index in [0.29, 0.717) is 5.56 Å². The fraction of sp³-hybridized carbons (Fsp3) is 0.364. The van der Waals surface area contributed by atoms with E-state index in [-0.39, 0.29) is 0 Å². The van der Waals surface area contributed by atoms with E-state index in [4.69, 9.17) is 5.11 Å². The van der Waals surface area contributed by atoms with Crippen LogP contribution in [0.2, 0.25) is 0 Å². The Morgan fingerprint density at radius 3 is 2.79 bits per heavy atom. The molecular formula is C11H15NO2. The molecule has 3 nitrogen and oxygen atoms in total. The molecule has 0 amide bonds. The van der Waals surface area contributed by atoms with Crippen LogP contribution in [0.5, 0.6) is 0 Å². The molecule has 0 aliphatic heterocycles. The lowest BCUT2D eigenvalue weighted by Gasteiger charge is -2.07. The van der Waals surface area contributed by atoms with Crippen molar-refractivity contribution in [2.45, 2.75) is 13.3 Å². The molecule has 0 saturated carbocycles. The Labute approximate surface area is 83.8 Å². The van der Waals surface area contributed by atoms with E-state index >= 15 is 0 Å². The van der Waals surface area contributed by atoms with Gasteiger partial charge in [0.25, 0.3) is 0 Å². The predicted molar refractivity (Wildman–Crippen MR) is 55.8 cm³/mol. The number of benzene rings is 1. The minimum atomic E-state index is -0.853. The van der Waals surface area contributed by atoms with Crippen LogP contribution >= 0.6 is 0 Å². The first kappa shape index (κ1) is 10.7. The van der Waals surface area contributed by atoms with Gasteiger partial charge in [-0.3, -0.25) is 0 Å². The number of carboxylic acids is 1. The molecule has 14 heavy (non-hydrogen) atoms. The van der Waals surface area contributed by atoms with Gasteiger partial charge in [-0.1, -0.05) is 12.1 Å². The molecule has 0 saturated heterocycles. The number of nitrogens with one attached hydrogen (secondary N) is 1. The van der Waals surface area contributed by atoms with Crippen molar-refractivity contribution in [3.63, 3.8) is 0 Å². The first-order valence-electron chi connectivity index (χ1n) is 4.63. The van der Waals surface area contributed by atoms with Crippen LogP contribution in [-0.2, 0) is 6.42 Å². The number of carbonyl (C=O) groups is 1. The van der Waals surface area contributed by atoms with Gasteiger partial charge in [0.05, 0.1) is 5.56 Å². The molecule has 76 valence electrons. The van der Waals surface area contributed by atoms with Gasteiger partial charge in [-0.05, 0) is 44.1 Å². The summed E-state index contributed by atoms with van der Waals surface area (Å²) in [6.07, 6.45) is 0.865. The van der Waals surface area contributed by atoms with E-state index in [1.165, 1.54) is 0 Å². The standard InChI is InChI=1S/C11H15NO2/c1-8-9(6-7-12-2)4-3-5-10(8)11(13)14/h3-5,12H,6-7H2,1-2H3,(H,13,14). The highest BCUT2D eigenvalue weighted by atomic mass is 16.4. The van der Waals surface area contributed by atoms with Gasteiger partial charge in [-0.25, -0.2) is 4.79 Å². The third-order valence-corrected chi connectivity index (χ3v) is 2.32. The third kappa shape index (κ3) is 2.33. The quantitative estimate of drug-likeness (QED) is 0.761. The smallest absolute Gasteiger partial charge is 0.335 e. The summed E-state index contributed by atoms with van der Waals surface area (Å²) in [6.45, 7) is 2.72. The second-order valence-electron chi connectivity index (χ2n) is 3.25. The zero-order chi connectivity index (χ0) is 10.6. The molecule has 0 aliphatic rings. The van der Waals surface area contributed by atoms with Crippen molar-refractivity contribution in [2.24, 2.45) is 0 Å². The van der Waals surface area contributed by atoms with Crippen LogP contribution in [0.15, 0.2) is 18.2 Å². The van der Waals surface area contributed by atoms with Gasteiger partial charge < -0.3 is 10.4 Å². The Balaban J connectivity index is 2.95. The summed E-state index contributed by atoms with van der Waals surface area (Å²) in [6, 6.07) is 5.40. The highest BCUT2D eigenvalue weighted by Gasteiger charge is 2.08. The number of rotatable bonds is 4. The maximum Gasteiger partial charge on any atom is 0.335 e. The number of aromatic carboxylic acids is 1. The summed E-state index contributed by atoms with van der Waals surface area (Å²) in [7, 11) is 1.89. The second-order valence-corrected chi connectivity index (χ2v) is 3.25. The van der Waals surface area contributed by atoms with Gasteiger partial charge in [-0.2, -0.15) is 0 Å². The monoisotopic (exact) mass is 193 g/mol. The van der Waals surface area contributed by atoms with Crippen molar-refractivity contribution in [3.05, 3.63) is 34.9 Å². The number of carboxylic acid groups (broad SMARTS) is 1. The average Bonchev–Trinajstić information content (AvgIpc) is 2.16. The topological polar surface area (TPSA) is 49.3 Å². The van der Waals surface area contributed by atoms with E-state index in [1.807, 2.05) is 20.0 Å². The van der Waals surface area contributed by atoms with Crippen molar-refractivity contribution in [2.75, 3.05) is 13.6 Å². The van der Waals surface area contributed by atoms with E-state index in [9.17, 15) is 4.79 Å². The Morgan fingerprint density at radius 1 is 1.50 bits per heavy atom. The van der Waals surface area contributed by atoms with Gasteiger partial charge >= 0.3 is 5.97 Å². The molecule has 2 N–H and O–H groups in total. The minimum absolute atomic E-state index is 0.401. The average molecular weight is 193 g/mol. The van der Waals surface area contributed by atoms with Gasteiger partial charge in [0.2, 0.25) is 0 Å². The van der Waals surface area contributed by atoms with Crippen LogP contribution in [0.4, 0.5) is 0 Å². The van der Waals surface area contributed by atoms with Crippen molar-refractivity contribution >= 4 is 5.97 Å². The maximum absolute atomic E-state index is 10.8. The molecule has 0 atom stereocenters. The van der Waals surface area contributed by atoms with Crippen LogP contribution in [-0.4, -0.2) is 24.7 Å². The second kappa shape index (κ2) is 4.77. The van der Waals surface area contributed by atoms with Crippen LogP contribution in [0.1, 0.15) is 21.5 Å². The van der Waals surface area contributed by atoms with E-state index < -0.39 is 5.97 Å². The van der Waals surface area contributed by atoms with Crippen molar-refractivity contribution in [1.29, 1.82) is 0 Å². The summed E-state index contributed by atoms with van der Waals surface area (Å²) < 4.78 is 0. The summed E-state index contributed by atoms with van der Waals surface area (Å²) in [5, 5.41) is 11.9.